The van der Waals surface area contributed by atoms with Crippen LogP contribution in [0.4, 0.5) is 13.2 Å². The van der Waals surface area contributed by atoms with Crippen molar-refractivity contribution in [2.45, 2.75) is 44.4 Å². The molecule has 0 heterocycles. The Balaban J connectivity index is 2.48. The molecule has 5 heteroatoms. The van der Waals surface area contributed by atoms with Crippen LogP contribution in [0.3, 0.4) is 0 Å². The number of aliphatic hydroxyl groups is 1. The van der Waals surface area contributed by atoms with Crippen molar-refractivity contribution in [1.82, 2.24) is 0 Å². The standard InChI is InChI=1S/C14H19F3O2/c1-13(18,8-3-9-14(15,16)17)10-11-4-6-12(19-2)7-5-11/h4-7,18H,3,8-10H2,1-2H3. The van der Waals surface area contributed by atoms with Gasteiger partial charge in [-0.2, -0.15) is 13.2 Å². The minimum absolute atomic E-state index is 0.0628. The maximum absolute atomic E-state index is 12.0. The van der Waals surface area contributed by atoms with Crippen molar-refractivity contribution in [3.8, 4) is 5.75 Å². The quantitative estimate of drug-likeness (QED) is 0.858. The molecule has 0 aromatic heterocycles. The van der Waals surface area contributed by atoms with Crippen LogP contribution >= 0.6 is 0 Å². The molecule has 0 spiro atoms. The van der Waals surface area contributed by atoms with Gasteiger partial charge < -0.3 is 9.84 Å². The number of hydrogen-bond acceptors (Lipinski definition) is 2. The van der Waals surface area contributed by atoms with Gasteiger partial charge in [-0.3, -0.25) is 0 Å². The molecule has 0 saturated heterocycles. The Morgan fingerprint density at radius 3 is 2.16 bits per heavy atom. The van der Waals surface area contributed by atoms with Gasteiger partial charge in [0.25, 0.3) is 0 Å². The summed E-state index contributed by atoms with van der Waals surface area (Å²) in [4.78, 5) is 0. The summed E-state index contributed by atoms with van der Waals surface area (Å²) in [5.41, 5.74) is -0.252. The van der Waals surface area contributed by atoms with Crippen LogP contribution in [0.1, 0.15) is 31.7 Å². The molecule has 1 atom stereocenters. The second kappa shape index (κ2) is 6.28. The maximum atomic E-state index is 12.0. The minimum Gasteiger partial charge on any atom is -0.497 e. The van der Waals surface area contributed by atoms with E-state index in [1.165, 1.54) is 0 Å². The van der Waals surface area contributed by atoms with Gasteiger partial charge in [0.15, 0.2) is 0 Å². The average Bonchev–Trinajstić information content (AvgIpc) is 2.27. The molecule has 0 aliphatic rings. The molecule has 0 aliphatic carbocycles. The Hall–Kier alpha value is -1.23. The lowest BCUT2D eigenvalue weighted by Gasteiger charge is -2.23. The summed E-state index contributed by atoms with van der Waals surface area (Å²) in [6.45, 7) is 1.56. The molecular weight excluding hydrogens is 257 g/mol. The van der Waals surface area contributed by atoms with Gasteiger partial charge in [-0.15, -0.1) is 0 Å². The van der Waals surface area contributed by atoms with Gasteiger partial charge in [0.2, 0.25) is 0 Å². The summed E-state index contributed by atoms with van der Waals surface area (Å²) < 4.78 is 41.2. The molecular formula is C14H19F3O2. The summed E-state index contributed by atoms with van der Waals surface area (Å²) in [5.74, 6) is 0.709. The lowest BCUT2D eigenvalue weighted by Crippen LogP contribution is -2.27. The molecule has 0 bridgehead atoms. The van der Waals surface area contributed by atoms with Gasteiger partial charge in [0.1, 0.15) is 5.75 Å². The maximum Gasteiger partial charge on any atom is 0.389 e. The molecule has 1 N–H and O–H groups in total. The van der Waals surface area contributed by atoms with Gasteiger partial charge in [0, 0.05) is 12.8 Å². The first-order chi connectivity index (χ1) is 8.72. The zero-order chi connectivity index (χ0) is 14.5. The minimum atomic E-state index is -4.16. The van der Waals surface area contributed by atoms with E-state index in [0.29, 0.717) is 12.2 Å². The van der Waals surface area contributed by atoms with E-state index in [-0.39, 0.29) is 12.8 Å². The molecule has 1 aromatic carbocycles. The number of hydrogen-bond donors (Lipinski definition) is 1. The van der Waals surface area contributed by atoms with Gasteiger partial charge in [-0.1, -0.05) is 12.1 Å². The molecule has 0 radical (unpaired) electrons. The predicted molar refractivity (Wildman–Crippen MR) is 67.2 cm³/mol. The van der Waals surface area contributed by atoms with Crippen molar-refractivity contribution in [2.24, 2.45) is 0 Å². The van der Waals surface area contributed by atoms with Crippen LogP contribution in [0.2, 0.25) is 0 Å². The Labute approximate surface area is 111 Å². The van der Waals surface area contributed by atoms with Crippen LogP contribution < -0.4 is 4.74 Å². The van der Waals surface area contributed by atoms with Crippen molar-refractivity contribution in [1.29, 1.82) is 0 Å². The highest BCUT2D eigenvalue weighted by Crippen LogP contribution is 2.26. The van der Waals surface area contributed by atoms with E-state index in [9.17, 15) is 18.3 Å². The van der Waals surface area contributed by atoms with Gasteiger partial charge >= 0.3 is 6.18 Å². The molecule has 2 nitrogen and oxygen atoms in total. The van der Waals surface area contributed by atoms with Crippen LogP contribution in [0, 0.1) is 0 Å². The molecule has 1 unspecified atom stereocenters. The fourth-order valence-corrected chi connectivity index (χ4v) is 1.94. The van der Waals surface area contributed by atoms with Gasteiger partial charge in [-0.05, 0) is 37.5 Å². The van der Waals surface area contributed by atoms with Crippen LogP contribution in [-0.4, -0.2) is 24.0 Å². The highest BCUT2D eigenvalue weighted by molar-refractivity contribution is 5.27. The molecule has 1 rings (SSSR count). The first kappa shape index (κ1) is 15.8. The second-order valence-electron chi connectivity index (χ2n) is 4.99. The lowest BCUT2D eigenvalue weighted by atomic mass is 9.91. The summed E-state index contributed by atoms with van der Waals surface area (Å²) in [5, 5.41) is 10.1. The van der Waals surface area contributed by atoms with E-state index in [1.807, 2.05) is 0 Å². The van der Waals surface area contributed by atoms with Gasteiger partial charge in [0.05, 0.1) is 12.7 Å². The smallest absolute Gasteiger partial charge is 0.389 e. The first-order valence-corrected chi connectivity index (χ1v) is 6.14. The van der Waals surface area contributed by atoms with Crippen molar-refractivity contribution >= 4 is 0 Å². The van der Waals surface area contributed by atoms with Crippen molar-refractivity contribution in [3.63, 3.8) is 0 Å². The summed E-state index contributed by atoms with van der Waals surface area (Å²) in [7, 11) is 1.56. The van der Waals surface area contributed by atoms with E-state index >= 15 is 0 Å². The zero-order valence-corrected chi connectivity index (χ0v) is 11.1. The average molecular weight is 276 g/mol. The molecule has 19 heavy (non-hydrogen) atoms. The largest absolute Gasteiger partial charge is 0.497 e. The number of methoxy groups -OCH3 is 1. The molecule has 1 aromatic rings. The van der Waals surface area contributed by atoms with Crippen LogP contribution in [-0.2, 0) is 6.42 Å². The highest BCUT2D eigenvalue weighted by Gasteiger charge is 2.29. The van der Waals surface area contributed by atoms with Gasteiger partial charge in [-0.25, -0.2) is 0 Å². The Morgan fingerprint density at radius 2 is 1.68 bits per heavy atom. The lowest BCUT2D eigenvalue weighted by molar-refractivity contribution is -0.137. The fourth-order valence-electron chi connectivity index (χ4n) is 1.94. The monoisotopic (exact) mass is 276 g/mol. The number of rotatable bonds is 6. The Kier molecular flexibility index (Phi) is 5.23. The molecule has 108 valence electrons. The third kappa shape index (κ3) is 6.47. The first-order valence-electron chi connectivity index (χ1n) is 6.14. The third-order valence-electron chi connectivity index (χ3n) is 2.92. The van der Waals surface area contributed by atoms with E-state index in [4.69, 9.17) is 4.74 Å². The third-order valence-corrected chi connectivity index (χ3v) is 2.92. The van der Waals surface area contributed by atoms with E-state index in [2.05, 4.69) is 0 Å². The topological polar surface area (TPSA) is 29.5 Å². The van der Waals surface area contributed by atoms with Crippen molar-refractivity contribution in [3.05, 3.63) is 29.8 Å². The Bertz CT molecular complexity index is 383. The van der Waals surface area contributed by atoms with E-state index in [1.54, 1.807) is 38.3 Å². The SMILES string of the molecule is COc1ccc(CC(C)(O)CCCC(F)(F)F)cc1. The zero-order valence-electron chi connectivity index (χ0n) is 11.1. The fraction of sp³-hybridized carbons (Fsp3) is 0.571. The second-order valence-corrected chi connectivity index (χ2v) is 4.99. The molecule has 0 saturated carbocycles. The predicted octanol–water partition coefficient (Wildman–Crippen LogP) is 3.72. The number of halogens is 3. The summed E-state index contributed by atoms with van der Waals surface area (Å²) in [6, 6.07) is 7.14. The van der Waals surface area contributed by atoms with E-state index < -0.39 is 18.2 Å². The normalized spacial score (nSPS) is 15.1. The van der Waals surface area contributed by atoms with Crippen molar-refractivity contribution < 1.29 is 23.0 Å². The summed E-state index contributed by atoms with van der Waals surface area (Å²) >= 11 is 0. The summed E-state index contributed by atoms with van der Waals surface area (Å²) in [6.07, 6.45) is -4.62. The number of alkyl halides is 3. The number of benzene rings is 1. The molecule has 0 amide bonds. The number of ether oxygens (including phenoxy) is 1. The highest BCUT2D eigenvalue weighted by atomic mass is 19.4. The van der Waals surface area contributed by atoms with Crippen molar-refractivity contribution in [2.75, 3.05) is 7.11 Å². The van der Waals surface area contributed by atoms with Crippen LogP contribution in [0.25, 0.3) is 0 Å². The van der Waals surface area contributed by atoms with E-state index in [0.717, 1.165) is 5.56 Å². The molecule has 0 aliphatic heterocycles. The molecule has 0 fully saturated rings. The Morgan fingerprint density at radius 1 is 1.11 bits per heavy atom. The van der Waals surface area contributed by atoms with Crippen LogP contribution in [0.15, 0.2) is 24.3 Å². The van der Waals surface area contributed by atoms with Crippen LogP contribution in [0.5, 0.6) is 5.75 Å².